The summed E-state index contributed by atoms with van der Waals surface area (Å²) in [6.45, 7) is 1.96. The van der Waals surface area contributed by atoms with E-state index in [0.29, 0.717) is 11.9 Å². The molecule has 4 heteroatoms. The first-order valence-electron chi connectivity index (χ1n) is 5.48. The Labute approximate surface area is 95.5 Å². The van der Waals surface area contributed by atoms with E-state index in [1.165, 1.54) is 0 Å². The average Bonchev–Trinajstić information content (AvgIpc) is 2.82. The maximum atomic E-state index is 5.95. The highest BCUT2D eigenvalue weighted by Gasteiger charge is 2.13. The fourth-order valence-corrected chi connectivity index (χ4v) is 1.78. The van der Waals surface area contributed by atoms with E-state index < -0.39 is 0 Å². The van der Waals surface area contributed by atoms with Crippen LogP contribution in [0.3, 0.4) is 0 Å². The van der Waals surface area contributed by atoms with E-state index >= 15 is 0 Å². The molecule has 86 valence electrons. The number of ether oxygens (including phenoxy) is 1. The molecule has 0 aliphatic carbocycles. The van der Waals surface area contributed by atoms with Gasteiger partial charge in [0.25, 0.3) is 0 Å². The highest BCUT2D eigenvalue weighted by atomic mass is 16.5. The Balaban J connectivity index is 2.09. The highest BCUT2D eigenvalue weighted by molar-refractivity contribution is 5.97. The van der Waals surface area contributed by atoms with Crippen molar-refractivity contribution < 1.29 is 4.74 Å². The number of hydrogen-bond acceptors (Lipinski definition) is 3. The molecule has 0 amide bonds. The lowest BCUT2D eigenvalue weighted by Crippen LogP contribution is -2.19. The van der Waals surface area contributed by atoms with Gasteiger partial charge in [-0.05, 0) is 37.2 Å². The fraction of sp³-hybridized carbons (Fsp3) is 0.417. The van der Waals surface area contributed by atoms with Crippen molar-refractivity contribution in [2.75, 3.05) is 20.2 Å². The molecule has 0 saturated carbocycles. The van der Waals surface area contributed by atoms with Crippen LogP contribution in [0.25, 0.3) is 0 Å². The van der Waals surface area contributed by atoms with Gasteiger partial charge in [0.15, 0.2) is 0 Å². The van der Waals surface area contributed by atoms with Crippen LogP contribution < -0.4 is 15.8 Å². The van der Waals surface area contributed by atoms with Crippen LogP contribution in [0.15, 0.2) is 29.3 Å². The molecule has 1 saturated heterocycles. The minimum absolute atomic E-state index is 0.321. The molecule has 1 aliphatic rings. The predicted octanol–water partition coefficient (Wildman–Crippen LogP) is 0.762. The lowest BCUT2D eigenvalue weighted by atomic mass is 10.2. The summed E-state index contributed by atoms with van der Waals surface area (Å²) in [6.07, 6.45) is 1.07. The summed E-state index contributed by atoms with van der Waals surface area (Å²) < 4.78 is 5.09. The predicted molar refractivity (Wildman–Crippen MR) is 65.0 cm³/mol. The second-order valence-corrected chi connectivity index (χ2v) is 3.89. The van der Waals surface area contributed by atoms with E-state index in [0.717, 1.165) is 30.8 Å². The largest absolute Gasteiger partial charge is 0.497 e. The first kappa shape index (κ1) is 11.0. The number of amidine groups is 1. The standard InChI is InChI=1S/C12H17N3O/c1-16-11-4-2-9(3-5-11)12(13)15-10-6-7-14-8-10/h2-5,10,14H,6-8H2,1H3,(H2,13,15). The van der Waals surface area contributed by atoms with Crippen LogP contribution in [0.2, 0.25) is 0 Å². The molecule has 2 rings (SSSR count). The zero-order chi connectivity index (χ0) is 11.4. The third kappa shape index (κ3) is 2.52. The molecule has 0 bridgehead atoms. The topological polar surface area (TPSA) is 59.6 Å². The van der Waals surface area contributed by atoms with Gasteiger partial charge in [-0.2, -0.15) is 0 Å². The van der Waals surface area contributed by atoms with Crippen molar-refractivity contribution in [2.45, 2.75) is 12.5 Å². The molecule has 3 N–H and O–H groups in total. The Morgan fingerprint density at radius 1 is 1.44 bits per heavy atom. The summed E-state index contributed by atoms with van der Waals surface area (Å²) in [6, 6.07) is 7.97. The number of rotatable bonds is 3. The Morgan fingerprint density at radius 3 is 2.75 bits per heavy atom. The van der Waals surface area contributed by atoms with Crippen LogP contribution in [-0.2, 0) is 0 Å². The SMILES string of the molecule is COc1ccc(C(N)=NC2CCNC2)cc1. The number of hydrogen-bond donors (Lipinski definition) is 2. The molecule has 1 unspecified atom stereocenters. The van der Waals surface area contributed by atoms with Gasteiger partial charge < -0.3 is 15.8 Å². The molecule has 1 aliphatic heterocycles. The van der Waals surface area contributed by atoms with Crippen LogP contribution >= 0.6 is 0 Å². The average molecular weight is 219 g/mol. The fourth-order valence-electron chi connectivity index (χ4n) is 1.78. The van der Waals surface area contributed by atoms with Gasteiger partial charge in [-0.3, -0.25) is 4.99 Å². The first-order chi connectivity index (χ1) is 7.79. The zero-order valence-electron chi connectivity index (χ0n) is 9.44. The van der Waals surface area contributed by atoms with E-state index in [9.17, 15) is 0 Å². The number of nitrogens with zero attached hydrogens (tertiary/aromatic N) is 1. The van der Waals surface area contributed by atoms with Crippen LogP contribution in [0.4, 0.5) is 0 Å². The highest BCUT2D eigenvalue weighted by Crippen LogP contribution is 2.12. The molecular weight excluding hydrogens is 202 g/mol. The summed E-state index contributed by atoms with van der Waals surface area (Å²) in [5, 5.41) is 3.26. The molecule has 1 aromatic rings. The quantitative estimate of drug-likeness (QED) is 0.583. The van der Waals surface area contributed by atoms with Crippen molar-refractivity contribution in [1.82, 2.24) is 5.32 Å². The summed E-state index contributed by atoms with van der Waals surface area (Å²) >= 11 is 0. The summed E-state index contributed by atoms with van der Waals surface area (Å²) in [7, 11) is 1.65. The van der Waals surface area contributed by atoms with Crippen molar-refractivity contribution >= 4 is 5.84 Å². The van der Waals surface area contributed by atoms with Crippen LogP contribution in [0, 0.1) is 0 Å². The molecule has 1 fully saturated rings. The Bertz CT molecular complexity index is 366. The molecule has 1 atom stereocenters. The number of nitrogens with one attached hydrogen (secondary N) is 1. The normalized spacial score (nSPS) is 21.1. The van der Waals surface area contributed by atoms with E-state index in [2.05, 4.69) is 10.3 Å². The zero-order valence-corrected chi connectivity index (χ0v) is 9.44. The van der Waals surface area contributed by atoms with Gasteiger partial charge in [-0.25, -0.2) is 0 Å². The summed E-state index contributed by atoms with van der Waals surface area (Å²) in [4.78, 5) is 4.49. The minimum atomic E-state index is 0.321. The second-order valence-electron chi connectivity index (χ2n) is 3.89. The Hall–Kier alpha value is -1.55. The van der Waals surface area contributed by atoms with Gasteiger partial charge in [-0.1, -0.05) is 0 Å². The van der Waals surface area contributed by atoms with Crippen molar-refractivity contribution in [2.24, 2.45) is 10.7 Å². The smallest absolute Gasteiger partial charge is 0.125 e. The molecule has 1 heterocycles. The van der Waals surface area contributed by atoms with Gasteiger partial charge >= 0.3 is 0 Å². The lowest BCUT2D eigenvalue weighted by molar-refractivity contribution is 0.415. The maximum Gasteiger partial charge on any atom is 0.125 e. The van der Waals surface area contributed by atoms with Gasteiger partial charge in [0, 0.05) is 12.1 Å². The monoisotopic (exact) mass is 219 g/mol. The molecule has 1 aromatic carbocycles. The second kappa shape index (κ2) is 4.99. The van der Waals surface area contributed by atoms with Crippen molar-refractivity contribution in [3.05, 3.63) is 29.8 Å². The summed E-state index contributed by atoms with van der Waals surface area (Å²) in [5.74, 6) is 1.44. The van der Waals surface area contributed by atoms with Crippen molar-refractivity contribution in [3.8, 4) is 5.75 Å². The third-order valence-electron chi connectivity index (χ3n) is 2.74. The van der Waals surface area contributed by atoms with E-state index in [-0.39, 0.29) is 0 Å². The van der Waals surface area contributed by atoms with E-state index in [4.69, 9.17) is 10.5 Å². The van der Waals surface area contributed by atoms with E-state index in [1.54, 1.807) is 7.11 Å². The van der Waals surface area contributed by atoms with Crippen molar-refractivity contribution in [3.63, 3.8) is 0 Å². The number of aliphatic imine (C=N–C) groups is 1. The number of methoxy groups -OCH3 is 1. The minimum Gasteiger partial charge on any atom is -0.497 e. The molecular formula is C12H17N3O. The third-order valence-corrected chi connectivity index (χ3v) is 2.74. The van der Waals surface area contributed by atoms with Crippen LogP contribution in [-0.4, -0.2) is 32.1 Å². The molecule has 16 heavy (non-hydrogen) atoms. The Kier molecular flexibility index (Phi) is 3.41. The van der Waals surface area contributed by atoms with Crippen LogP contribution in [0.1, 0.15) is 12.0 Å². The van der Waals surface area contributed by atoms with Crippen molar-refractivity contribution in [1.29, 1.82) is 0 Å². The molecule has 0 spiro atoms. The molecule has 0 aromatic heterocycles. The van der Waals surface area contributed by atoms with Crippen LogP contribution in [0.5, 0.6) is 5.75 Å². The van der Waals surface area contributed by atoms with Gasteiger partial charge in [0.2, 0.25) is 0 Å². The number of benzene rings is 1. The summed E-state index contributed by atoms with van der Waals surface area (Å²) in [5.41, 5.74) is 6.90. The van der Waals surface area contributed by atoms with Gasteiger partial charge in [0.05, 0.1) is 13.2 Å². The first-order valence-corrected chi connectivity index (χ1v) is 5.48. The molecule has 0 radical (unpaired) electrons. The lowest BCUT2D eigenvalue weighted by Gasteiger charge is -2.06. The van der Waals surface area contributed by atoms with E-state index in [1.807, 2.05) is 24.3 Å². The number of nitrogens with two attached hydrogens (primary N) is 1. The molecule has 4 nitrogen and oxygen atoms in total. The van der Waals surface area contributed by atoms with Gasteiger partial charge in [-0.15, -0.1) is 0 Å². The van der Waals surface area contributed by atoms with Gasteiger partial charge in [0.1, 0.15) is 11.6 Å². The Morgan fingerprint density at radius 2 is 2.19 bits per heavy atom. The maximum absolute atomic E-state index is 5.95.